The predicted octanol–water partition coefficient (Wildman–Crippen LogP) is 7.44. The van der Waals surface area contributed by atoms with Gasteiger partial charge in [0.2, 0.25) is 0 Å². The third kappa shape index (κ3) is 7.09. The molecule has 1 atom stereocenters. The van der Waals surface area contributed by atoms with Crippen molar-refractivity contribution in [2.24, 2.45) is 4.99 Å². The van der Waals surface area contributed by atoms with Crippen molar-refractivity contribution in [3.05, 3.63) is 70.2 Å². The zero-order chi connectivity index (χ0) is 19.4. The second-order valence-corrected chi connectivity index (χ2v) is 8.72. The van der Waals surface area contributed by atoms with Gasteiger partial charge in [-0.3, -0.25) is 4.99 Å². The Hall–Kier alpha value is -1.61. The first-order valence-electron chi connectivity index (χ1n) is 10.9. The summed E-state index contributed by atoms with van der Waals surface area (Å²) in [5.74, 6) is 1.18. The van der Waals surface area contributed by atoms with Gasteiger partial charge in [-0.05, 0) is 36.1 Å². The second-order valence-electron chi connectivity index (χ2n) is 7.80. The number of amidine groups is 1. The third-order valence-electron chi connectivity index (χ3n) is 5.52. The Morgan fingerprint density at radius 3 is 1.93 bits per heavy atom. The lowest BCUT2D eigenvalue weighted by Gasteiger charge is -2.22. The highest BCUT2D eigenvalue weighted by Gasteiger charge is 2.16. The van der Waals surface area contributed by atoms with E-state index in [0.717, 1.165) is 17.4 Å². The van der Waals surface area contributed by atoms with Crippen LogP contribution in [-0.4, -0.2) is 12.4 Å². The molecule has 0 saturated heterocycles. The quantitative estimate of drug-likeness (QED) is 0.526. The molecule has 3 heteroatoms. The van der Waals surface area contributed by atoms with Crippen molar-refractivity contribution in [2.75, 3.05) is 6.54 Å². The molecule has 1 N–H and O–H groups in total. The largest absolute Gasteiger partial charge is 0.363 e. The Labute approximate surface area is 179 Å². The van der Waals surface area contributed by atoms with E-state index >= 15 is 0 Å². The summed E-state index contributed by atoms with van der Waals surface area (Å²) >= 11 is 3.56. The molecule has 0 aliphatic carbocycles. The van der Waals surface area contributed by atoms with Crippen LogP contribution in [0.3, 0.4) is 0 Å². The molecule has 1 heterocycles. The van der Waals surface area contributed by atoms with E-state index in [2.05, 4.69) is 75.8 Å². The first-order valence-corrected chi connectivity index (χ1v) is 11.7. The van der Waals surface area contributed by atoms with Gasteiger partial charge in [0.1, 0.15) is 0 Å². The smallest absolute Gasteiger partial charge is 0.0970 e. The minimum absolute atomic E-state index is 0.142. The SMILES string of the molecule is Brc1ccc(C(NC2=NCCCCCCCCCCC2)c2ccccc2)cc1. The molecular weight excluding hydrogens is 408 g/mol. The standard InChI is InChI=1S/C25H33BrN2/c26-23-18-16-22(17-19-23)25(21-13-9-8-10-14-21)28-24-15-11-6-4-2-1-3-5-7-12-20-27-24/h8-10,13-14,16-19,25H,1-7,11-12,15,20H2,(H,27,28). The fraction of sp³-hybridized carbons (Fsp3) is 0.480. The molecule has 2 aromatic rings. The van der Waals surface area contributed by atoms with Crippen molar-refractivity contribution >= 4 is 21.8 Å². The van der Waals surface area contributed by atoms with Gasteiger partial charge < -0.3 is 5.32 Å². The van der Waals surface area contributed by atoms with Crippen LogP contribution in [0.25, 0.3) is 0 Å². The number of rotatable bonds is 3. The van der Waals surface area contributed by atoms with E-state index in [0.29, 0.717) is 0 Å². The molecule has 1 aliphatic rings. The van der Waals surface area contributed by atoms with Crippen LogP contribution >= 0.6 is 15.9 Å². The summed E-state index contributed by atoms with van der Waals surface area (Å²) in [5.41, 5.74) is 2.57. The van der Waals surface area contributed by atoms with Gasteiger partial charge in [-0.15, -0.1) is 0 Å². The molecule has 0 saturated carbocycles. The van der Waals surface area contributed by atoms with Crippen LogP contribution < -0.4 is 5.32 Å². The minimum Gasteiger partial charge on any atom is -0.363 e. The summed E-state index contributed by atoms with van der Waals surface area (Å²) in [6.07, 6.45) is 13.0. The van der Waals surface area contributed by atoms with Gasteiger partial charge in [0.15, 0.2) is 0 Å². The second kappa shape index (κ2) is 12.1. The van der Waals surface area contributed by atoms with E-state index in [4.69, 9.17) is 4.99 Å². The molecule has 0 bridgehead atoms. The molecule has 0 amide bonds. The fourth-order valence-corrected chi connectivity index (χ4v) is 4.14. The number of nitrogens with zero attached hydrogens (tertiary/aromatic N) is 1. The maximum absolute atomic E-state index is 4.99. The molecule has 2 aromatic carbocycles. The topological polar surface area (TPSA) is 24.4 Å². The van der Waals surface area contributed by atoms with Gasteiger partial charge in [-0.25, -0.2) is 0 Å². The molecular formula is C25H33BrN2. The molecule has 2 nitrogen and oxygen atoms in total. The van der Waals surface area contributed by atoms with Crippen LogP contribution in [0.2, 0.25) is 0 Å². The molecule has 3 rings (SSSR count). The van der Waals surface area contributed by atoms with Crippen LogP contribution in [0.4, 0.5) is 0 Å². The van der Waals surface area contributed by atoms with Crippen molar-refractivity contribution in [3.63, 3.8) is 0 Å². The highest BCUT2D eigenvalue weighted by Crippen LogP contribution is 2.24. The number of hydrogen-bond donors (Lipinski definition) is 1. The summed E-state index contributed by atoms with van der Waals surface area (Å²) in [6, 6.07) is 19.5. The molecule has 28 heavy (non-hydrogen) atoms. The highest BCUT2D eigenvalue weighted by molar-refractivity contribution is 9.10. The maximum Gasteiger partial charge on any atom is 0.0970 e. The predicted molar refractivity (Wildman–Crippen MR) is 124 cm³/mol. The van der Waals surface area contributed by atoms with Gasteiger partial charge >= 0.3 is 0 Å². The van der Waals surface area contributed by atoms with Gasteiger partial charge in [-0.2, -0.15) is 0 Å². The summed E-state index contributed by atoms with van der Waals surface area (Å²) in [4.78, 5) is 4.99. The zero-order valence-corrected chi connectivity index (χ0v) is 18.5. The lowest BCUT2D eigenvalue weighted by molar-refractivity contribution is 0.567. The normalized spacial score (nSPS) is 18.1. The van der Waals surface area contributed by atoms with E-state index in [1.165, 1.54) is 74.7 Å². The molecule has 0 fully saturated rings. The van der Waals surface area contributed by atoms with Crippen molar-refractivity contribution < 1.29 is 0 Å². The van der Waals surface area contributed by atoms with Crippen molar-refractivity contribution in [1.82, 2.24) is 5.32 Å². The Bertz CT molecular complexity index is 709. The highest BCUT2D eigenvalue weighted by atomic mass is 79.9. The minimum atomic E-state index is 0.142. The van der Waals surface area contributed by atoms with E-state index in [9.17, 15) is 0 Å². The number of nitrogens with one attached hydrogen (secondary N) is 1. The number of aliphatic imine (C=N–C) groups is 1. The average Bonchev–Trinajstić information content (AvgIpc) is 2.75. The summed E-state index contributed by atoms with van der Waals surface area (Å²) in [7, 11) is 0. The Morgan fingerprint density at radius 2 is 1.25 bits per heavy atom. The third-order valence-corrected chi connectivity index (χ3v) is 6.05. The van der Waals surface area contributed by atoms with E-state index in [1.807, 2.05) is 0 Å². The summed E-state index contributed by atoms with van der Waals surface area (Å²) in [5, 5.41) is 3.81. The number of halogens is 1. The fourth-order valence-electron chi connectivity index (χ4n) is 3.88. The Kier molecular flexibility index (Phi) is 9.09. The zero-order valence-electron chi connectivity index (χ0n) is 16.9. The lowest BCUT2D eigenvalue weighted by Crippen LogP contribution is -2.29. The van der Waals surface area contributed by atoms with E-state index in [-0.39, 0.29) is 6.04 Å². The average molecular weight is 441 g/mol. The first kappa shape index (κ1) is 21.1. The molecule has 1 unspecified atom stereocenters. The van der Waals surface area contributed by atoms with E-state index in [1.54, 1.807) is 0 Å². The van der Waals surface area contributed by atoms with Gasteiger partial charge in [0.25, 0.3) is 0 Å². The van der Waals surface area contributed by atoms with Gasteiger partial charge in [0, 0.05) is 17.4 Å². The van der Waals surface area contributed by atoms with Crippen LogP contribution in [0.1, 0.15) is 81.4 Å². The molecule has 1 aliphatic heterocycles. The number of benzene rings is 2. The van der Waals surface area contributed by atoms with Crippen molar-refractivity contribution in [1.29, 1.82) is 0 Å². The van der Waals surface area contributed by atoms with Crippen LogP contribution in [0, 0.1) is 0 Å². The Morgan fingerprint density at radius 1 is 0.679 bits per heavy atom. The molecule has 0 spiro atoms. The number of hydrogen-bond acceptors (Lipinski definition) is 2. The molecule has 150 valence electrons. The van der Waals surface area contributed by atoms with Crippen LogP contribution in [0.5, 0.6) is 0 Å². The van der Waals surface area contributed by atoms with Gasteiger partial charge in [-0.1, -0.05) is 103 Å². The summed E-state index contributed by atoms with van der Waals surface area (Å²) < 4.78 is 1.11. The Balaban J connectivity index is 1.77. The van der Waals surface area contributed by atoms with Crippen LogP contribution in [-0.2, 0) is 0 Å². The molecule has 0 radical (unpaired) electrons. The lowest BCUT2D eigenvalue weighted by atomic mass is 9.98. The maximum atomic E-state index is 4.99. The van der Waals surface area contributed by atoms with Crippen LogP contribution in [0.15, 0.2) is 64.1 Å². The molecule has 0 aromatic heterocycles. The summed E-state index contributed by atoms with van der Waals surface area (Å²) in [6.45, 7) is 0.949. The van der Waals surface area contributed by atoms with Crippen molar-refractivity contribution in [3.8, 4) is 0 Å². The van der Waals surface area contributed by atoms with Crippen molar-refractivity contribution in [2.45, 2.75) is 70.3 Å². The van der Waals surface area contributed by atoms with Gasteiger partial charge in [0.05, 0.1) is 11.9 Å². The first-order chi connectivity index (χ1) is 13.8. The van der Waals surface area contributed by atoms with E-state index < -0.39 is 0 Å². The monoisotopic (exact) mass is 440 g/mol.